The quantitative estimate of drug-likeness (QED) is 0.305. The van der Waals surface area contributed by atoms with Gasteiger partial charge in [-0.05, 0) is 43.2 Å². The van der Waals surface area contributed by atoms with Gasteiger partial charge in [0.05, 0.1) is 11.4 Å². The van der Waals surface area contributed by atoms with Crippen LogP contribution >= 0.6 is 22.9 Å². The van der Waals surface area contributed by atoms with E-state index in [2.05, 4.69) is 15.0 Å². The topological polar surface area (TPSA) is 57.9 Å². The van der Waals surface area contributed by atoms with Crippen molar-refractivity contribution in [3.05, 3.63) is 70.2 Å². The number of benzene rings is 2. The predicted molar refractivity (Wildman–Crippen MR) is 117 cm³/mol. The second-order valence-electron chi connectivity index (χ2n) is 6.61. The van der Waals surface area contributed by atoms with E-state index in [9.17, 15) is 18.4 Å². The Bertz CT molecular complexity index is 1150. The molecule has 4 nitrogen and oxygen atoms in total. The molecular formula is C22H17ClF3N3OS. The Kier molecular flexibility index (Phi) is 6.88. The highest BCUT2D eigenvalue weighted by Gasteiger charge is 2.42. The smallest absolute Gasteiger partial charge is 0.427 e. The maximum absolute atomic E-state index is 13.5. The second-order valence-corrected chi connectivity index (χ2v) is 7.85. The standard InChI is InChI=1S/C22H17ClF3N3OS/c1-13-7-8-15(9-14(13)2)18-12-31-20(29-18)16(10-27)11-28-17-5-3-4-6-19(17)30-22(25,26)21(23)24/h3-9,11-12,21,28H,1-2H3/b16-11+/t21-/m1/s1. The molecule has 3 aromatic rings. The number of nitrogens with zero attached hydrogens (tertiary/aromatic N) is 2. The summed E-state index contributed by atoms with van der Waals surface area (Å²) in [5.74, 6) is -0.320. The fourth-order valence-electron chi connectivity index (χ4n) is 2.59. The van der Waals surface area contributed by atoms with Crippen molar-refractivity contribution in [2.45, 2.75) is 25.6 Å². The predicted octanol–water partition coefficient (Wildman–Crippen LogP) is 6.91. The summed E-state index contributed by atoms with van der Waals surface area (Å²) in [6.45, 7) is 4.03. The Balaban J connectivity index is 1.84. The highest BCUT2D eigenvalue weighted by atomic mass is 35.5. The van der Waals surface area contributed by atoms with Crippen LogP contribution in [0.2, 0.25) is 0 Å². The Morgan fingerprint density at radius 3 is 2.68 bits per heavy atom. The molecule has 160 valence electrons. The number of hydrogen-bond acceptors (Lipinski definition) is 5. The Morgan fingerprint density at radius 2 is 2.00 bits per heavy atom. The van der Waals surface area contributed by atoms with Gasteiger partial charge in [-0.3, -0.25) is 0 Å². The number of aromatic nitrogens is 1. The van der Waals surface area contributed by atoms with Gasteiger partial charge in [0.25, 0.3) is 5.63 Å². The molecule has 0 saturated heterocycles. The molecule has 0 aliphatic heterocycles. The molecule has 1 atom stereocenters. The summed E-state index contributed by atoms with van der Waals surface area (Å²) < 4.78 is 44.4. The zero-order valence-electron chi connectivity index (χ0n) is 16.5. The average Bonchev–Trinajstić information content (AvgIpc) is 3.21. The van der Waals surface area contributed by atoms with Gasteiger partial charge in [-0.25, -0.2) is 9.37 Å². The van der Waals surface area contributed by atoms with Crippen molar-refractivity contribution in [1.29, 1.82) is 5.26 Å². The van der Waals surface area contributed by atoms with Gasteiger partial charge in [-0.1, -0.05) is 35.9 Å². The van der Waals surface area contributed by atoms with Crippen LogP contribution in [0.15, 0.2) is 54.0 Å². The van der Waals surface area contributed by atoms with Crippen molar-refractivity contribution in [1.82, 2.24) is 4.98 Å². The summed E-state index contributed by atoms with van der Waals surface area (Å²) in [4.78, 5) is 4.51. The van der Waals surface area contributed by atoms with E-state index in [1.807, 2.05) is 43.5 Å². The van der Waals surface area contributed by atoms with E-state index in [1.54, 1.807) is 6.07 Å². The van der Waals surface area contributed by atoms with E-state index >= 15 is 0 Å². The van der Waals surface area contributed by atoms with Crippen LogP contribution in [0.3, 0.4) is 0 Å². The number of halogens is 4. The van der Waals surface area contributed by atoms with E-state index in [-0.39, 0.29) is 17.0 Å². The van der Waals surface area contributed by atoms with Crippen molar-refractivity contribution < 1.29 is 17.9 Å². The maximum atomic E-state index is 13.5. The number of alkyl halides is 4. The summed E-state index contributed by atoms with van der Waals surface area (Å²) >= 11 is 6.13. The molecule has 1 aromatic heterocycles. The van der Waals surface area contributed by atoms with Gasteiger partial charge < -0.3 is 10.1 Å². The molecule has 0 amide bonds. The van der Waals surface area contributed by atoms with Crippen LogP contribution in [-0.4, -0.2) is 16.7 Å². The molecule has 1 heterocycles. The molecule has 1 N–H and O–H groups in total. The van der Waals surface area contributed by atoms with Gasteiger partial charge in [-0.15, -0.1) is 11.3 Å². The lowest BCUT2D eigenvalue weighted by Crippen LogP contribution is -2.33. The number of nitriles is 1. The minimum absolute atomic E-state index is 0.109. The van der Waals surface area contributed by atoms with E-state index in [0.717, 1.165) is 16.8 Å². The van der Waals surface area contributed by atoms with E-state index in [0.29, 0.717) is 5.01 Å². The van der Waals surface area contributed by atoms with Gasteiger partial charge >= 0.3 is 6.11 Å². The van der Waals surface area contributed by atoms with Gasteiger partial charge in [0.2, 0.25) is 0 Å². The summed E-state index contributed by atoms with van der Waals surface area (Å²) in [7, 11) is 0. The zero-order valence-corrected chi connectivity index (χ0v) is 18.1. The number of rotatable bonds is 7. The molecule has 0 saturated carbocycles. The van der Waals surface area contributed by atoms with Crippen LogP contribution in [0.1, 0.15) is 16.1 Å². The number of allylic oxidation sites excluding steroid dienone is 1. The molecule has 0 unspecified atom stereocenters. The molecule has 31 heavy (non-hydrogen) atoms. The van der Waals surface area contributed by atoms with E-state index < -0.39 is 11.7 Å². The van der Waals surface area contributed by atoms with Gasteiger partial charge in [-0.2, -0.15) is 14.0 Å². The van der Waals surface area contributed by atoms with Crippen LogP contribution < -0.4 is 10.1 Å². The molecule has 0 aliphatic carbocycles. The third-order valence-electron chi connectivity index (χ3n) is 4.42. The third-order valence-corrected chi connectivity index (χ3v) is 5.55. The molecule has 0 spiro atoms. The lowest BCUT2D eigenvalue weighted by Gasteiger charge is -2.19. The number of thiazole rings is 1. The average molecular weight is 464 g/mol. The molecule has 0 radical (unpaired) electrons. The summed E-state index contributed by atoms with van der Waals surface area (Å²) in [5, 5.41) is 14.6. The maximum Gasteiger partial charge on any atom is 0.444 e. The third kappa shape index (κ3) is 5.37. The lowest BCUT2D eigenvalue weighted by molar-refractivity contribution is -0.198. The van der Waals surface area contributed by atoms with Gasteiger partial charge in [0, 0.05) is 17.1 Å². The van der Waals surface area contributed by atoms with Crippen molar-refractivity contribution in [2.24, 2.45) is 0 Å². The van der Waals surface area contributed by atoms with Crippen LogP contribution in [0.25, 0.3) is 16.8 Å². The van der Waals surface area contributed by atoms with Crippen molar-refractivity contribution >= 4 is 34.2 Å². The molecule has 0 aliphatic rings. The van der Waals surface area contributed by atoms with Crippen LogP contribution in [0.4, 0.5) is 18.9 Å². The first-order valence-electron chi connectivity index (χ1n) is 9.05. The zero-order chi connectivity index (χ0) is 22.6. The molecule has 3 rings (SSSR count). The number of anilines is 1. The molecule has 2 aromatic carbocycles. The monoisotopic (exact) mass is 463 g/mol. The van der Waals surface area contributed by atoms with E-state index in [1.165, 1.54) is 41.3 Å². The molecular weight excluding hydrogens is 447 g/mol. The molecule has 9 heteroatoms. The van der Waals surface area contributed by atoms with Crippen LogP contribution in [-0.2, 0) is 0 Å². The highest BCUT2D eigenvalue weighted by Crippen LogP contribution is 2.34. The first-order chi connectivity index (χ1) is 14.7. The van der Waals surface area contributed by atoms with Crippen LogP contribution in [0.5, 0.6) is 5.75 Å². The van der Waals surface area contributed by atoms with E-state index in [4.69, 9.17) is 11.6 Å². The van der Waals surface area contributed by atoms with Gasteiger partial charge in [0.15, 0.2) is 0 Å². The fourth-order valence-corrected chi connectivity index (χ4v) is 3.43. The number of para-hydroxylation sites is 2. The first kappa shape index (κ1) is 22.7. The van der Waals surface area contributed by atoms with Gasteiger partial charge in [0.1, 0.15) is 22.4 Å². The number of aryl methyl sites for hydroxylation is 2. The minimum atomic E-state index is -4.21. The SMILES string of the molecule is Cc1ccc(-c2csc(/C(C#N)=C/Nc3ccccc3OC(F)(F)[C@@H](F)Cl)n2)cc1C. The Morgan fingerprint density at radius 1 is 1.26 bits per heavy atom. The highest BCUT2D eigenvalue weighted by molar-refractivity contribution is 7.11. The normalized spacial score (nSPS) is 12.9. The fraction of sp³-hybridized carbons (Fsp3) is 0.182. The van der Waals surface area contributed by atoms with Crippen molar-refractivity contribution in [3.8, 4) is 23.1 Å². The number of hydrogen-bond donors (Lipinski definition) is 1. The Hall–Kier alpha value is -3.02. The summed E-state index contributed by atoms with van der Waals surface area (Å²) in [5.41, 5.74) is 1.25. The van der Waals surface area contributed by atoms with Crippen molar-refractivity contribution in [3.63, 3.8) is 0 Å². The largest absolute Gasteiger partial charge is 0.444 e. The van der Waals surface area contributed by atoms with Crippen LogP contribution in [0, 0.1) is 25.2 Å². The van der Waals surface area contributed by atoms with Crippen molar-refractivity contribution in [2.75, 3.05) is 5.32 Å². The Labute approximate surface area is 186 Å². The minimum Gasteiger partial charge on any atom is -0.427 e. The first-order valence-corrected chi connectivity index (χ1v) is 10.4. The molecule has 0 bridgehead atoms. The summed E-state index contributed by atoms with van der Waals surface area (Å²) in [6.07, 6.45) is -2.88. The number of nitrogens with one attached hydrogen (secondary N) is 1. The molecule has 0 fully saturated rings. The summed E-state index contributed by atoms with van der Waals surface area (Å²) in [6, 6.07) is 13.7. The second kappa shape index (κ2) is 9.41. The lowest BCUT2D eigenvalue weighted by atomic mass is 10.1. The number of ether oxygens (including phenoxy) is 1.